The number of H-pyrrole nitrogens is 1. The number of aromatic nitrogens is 3. The lowest BCUT2D eigenvalue weighted by atomic mass is 10.2. The van der Waals surface area contributed by atoms with Crippen molar-refractivity contribution in [3.8, 4) is 11.5 Å². The third kappa shape index (κ3) is 4.40. The highest BCUT2D eigenvalue weighted by Crippen LogP contribution is 2.37. The molecule has 3 rings (SSSR count). The van der Waals surface area contributed by atoms with Crippen LogP contribution in [0.4, 0.5) is 0 Å². The molecule has 0 atom stereocenters. The fourth-order valence-corrected chi connectivity index (χ4v) is 3.13. The van der Waals surface area contributed by atoms with E-state index >= 15 is 0 Å². The second-order valence-electron chi connectivity index (χ2n) is 5.97. The summed E-state index contributed by atoms with van der Waals surface area (Å²) < 4.78 is 12.9. The van der Waals surface area contributed by atoms with E-state index in [0.29, 0.717) is 16.6 Å². The summed E-state index contributed by atoms with van der Waals surface area (Å²) in [7, 11) is 1.40. The molecule has 0 bridgehead atoms. The van der Waals surface area contributed by atoms with Crippen LogP contribution in [0.2, 0.25) is 5.02 Å². The van der Waals surface area contributed by atoms with Crippen LogP contribution in [0.3, 0.4) is 0 Å². The van der Waals surface area contributed by atoms with Crippen LogP contribution in [0.5, 0.6) is 11.5 Å². The molecule has 0 saturated heterocycles. The first-order valence-electron chi connectivity index (χ1n) is 8.13. The molecule has 4 N–H and O–H groups in total. The zero-order valence-corrected chi connectivity index (χ0v) is 16.0. The van der Waals surface area contributed by atoms with E-state index in [-0.39, 0.29) is 41.1 Å². The number of carbonyl (C=O) groups is 2. The molecule has 1 aliphatic rings. The molecule has 1 fully saturated rings. The van der Waals surface area contributed by atoms with Crippen molar-refractivity contribution in [3.63, 3.8) is 0 Å². The number of ether oxygens (including phenoxy) is 2. The molecule has 0 radical (unpaired) electrons. The minimum absolute atomic E-state index is 0.126. The first-order chi connectivity index (χ1) is 12.9. The van der Waals surface area contributed by atoms with Crippen LogP contribution in [-0.2, 0) is 11.3 Å². The smallest absolute Gasteiger partial charge is 0.255 e. The molecule has 1 aliphatic carbocycles. The zero-order chi connectivity index (χ0) is 19.6. The summed E-state index contributed by atoms with van der Waals surface area (Å²) in [5, 5.41) is 9.82. The SMILES string of the molecule is COc1cc(C(=O)NCc2n[nH]c(=S)n2C2CC2)cc(Cl)c1OCC(N)=O. The Labute approximate surface area is 164 Å². The third-order valence-corrected chi connectivity index (χ3v) is 4.52. The zero-order valence-electron chi connectivity index (χ0n) is 14.5. The Morgan fingerprint density at radius 1 is 1.48 bits per heavy atom. The highest BCUT2D eigenvalue weighted by Gasteiger charge is 2.27. The van der Waals surface area contributed by atoms with Gasteiger partial charge in [-0.25, -0.2) is 0 Å². The summed E-state index contributed by atoms with van der Waals surface area (Å²) in [5.74, 6) is 0.000888. The van der Waals surface area contributed by atoms with E-state index in [1.54, 1.807) is 0 Å². The predicted molar refractivity (Wildman–Crippen MR) is 99.5 cm³/mol. The van der Waals surface area contributed by atoms with Crippen molar-refractivity contribution in [2.24, 2.45) is 5.73 Å². The van der Waals surface area contributed by atoms with Gasteiger partial charge in [0.05, 0.1) is 18.7 Å². The van der Waals surface area contributed by atoms with Crippen LogP contribution in [-0.4, -0.2) is 40.3 Å². The molecule has 11 heteroatoms. The standard InChI is InChI=1S/C16H18ClN5O4S/c1-25-11-5-8(4-10(17)14(11)26-7-12(18)23)15(24)19-6-13-20-21-16(27)22(13)9-2-3-9/h4-5,9H,2-3,6-7H2,1H3,(H2,18,23)(H,19,24)(H,21,27). The van der Waals surface area contributed by atoms with Gasteiger partial charge in [-0.15, -0.1) is 0 Å². The van der Waals surface area contributed by atoms with Gasteiger partial charge in [0, 0.05) is 11.6 Å². The lowest BCUT2D eigenvalue weighted by Crippen LogP contribution is -2.25. The molecule has 9 nitrogen and oxygen atoms in total. The number of carbonyl (C=O) groups excluding carboxylic acids is 2. The van der Waals surface area contributed by atoms with E-state index in [9.17, 15) is 9.59 Å². The third-order valence-electron chi connectivity index (χ3n) is 3.95. The maximum Gasteiger partial charge on any atom is 0.255 e. The lowest BCUT2D eigenvalue weighted by molar-refractivity contribution is -0.119. The fourth-order valence-electron chi connectivity index (χ4n) is 2.57. The van der Waals surface area contributed by atoms with E-state index < -0.39 is 5.91 Å². The predicted octanol–water partition coefficient (Wildman–Crippen LogP) is 1.73. The van der Waals surface area contributed by atoms with E-state index in [2.05, 4.69) is 15.5 Å². The maximum atomic E-state index is 12.5. The highest BCUT2D eigenvalue weighted by molar-refractivity contribution is 7.71. The van der Waals surface area contributed by atoms with Crippen molar-refractivity contribution in [2.75, 3.05) is 13.7 Å². The molecule has 144 valence electrons. The Morgan fingerprint density at radius 3 is 2.85 bits per heavy atom. The Balaban J connectivity index is 1.74. The van der Waals surface area contributed by atoms with Gasteiger partial charge in [-0.05, 0) is 37.2 Å². The van der Waals surface area contributed by atoms with Gasteiger partial charge in [0.1, 0.15) is 0 Å². The number of rotatable bonds is 8. The van der Waals surface area contributed by atoms with Crippen molar-refractivity contribution < 1.29 is 19.1 Å². The van der Waals surface area contributed by atoms with Crippen molar-refractivity contribution in [2.45, 2.75) is 25.4 Å². The Bertz CT molecular complexity index is 937. The van der Waals surface area contributed by atoms with Crippen LogP contribution < -0.4 is 20.5 Å². The maximum absolute atomic E-state index is 12.5. The lowest BCUT2D eigenvalue weighted by Gasteiger charge is -2.13. The van der Waals surface area contributed by atoms with Gasteiger partial charge in [-0.2, -0.15) is 5.10 Å². The molecular weight excluding hydrogens is 394 g/mol. The summed E-state index contributed by atoms with van der Waals surface area (Å²) >= 11 is 11.4. The number of nitrogens with one attached hydrogen (secondary N) is 2. The molecule has 2 aromatic rings. The van der Waals surface area contributed by atoms with Crippen LogP contribution >= 0.6 is 23.8 Å². The van der Waals surface area contributed by atoms with Gasteiger partial charge < -0.3 is 20.5 Å². The second kappa shape index (κ2) is 7.97. The summed E-state index contributed by atoms with van der Waals surface area (Å²) in [6.07, 6.45) is 2.10. The van der Waals surface area contributed by atoms with Gasteiger partial charge >= 0.3 is 0 Å². The van der Waals surface area contributed by atoms with Crippen LogP contribution in [0, 0.1) is 4.77 Å². The number of hydrogen-bond donors (Lipinski definition) is 3. The van der Waals surface area contributed by atoms with Gasteiger partial charge in [0.2, 0.25) is 0 Å². The number of nitrogens with two attached hydrogens (primary N) is 1. The monoisotopic (exact) mass is 411 g/mol. The number of halogens is 1. The number of primary amides is 1. The van der Waals surface area contributed by atoms with Gasteiger partial charge in [0.25, 0.3) is 11.8 Å². The Morgan fingerprint density at radius 2 is 2.22 bits per heavy atom. The summed E-state index contributed by atoms with van der Waals surface area (Å²) in [6, 6.07) is 3.24. The van der Waals surface area contributed by atoms with E-state index in [0.717, 1.165) is 12.8 Å². The number of amides is 2. The van der Waals surface area contributed by atoms with Crippen molar-refractivity contribution in [1.82, 2.24) is 20.1 Å². The van der Waals surface area contributed by atoms with Crippen LogP contribution in [0.15, 0.2) is 12.1 Å². The Hall–Kier alpha value is -2.59. The first kappa shape index (κ1) is 19.2. The quantitative estimate of drug-likeness (QED) is 0.568. The summed E-state index contributed by atoms with van der Waals surface area (Å²) in [5.41, 5.74) is 5.34. The van der Waals surface area contributed by atoms with Crippen LogP contribution in [0.1, 0.15) is 35.1 Å². The van der Waals surface area contributed by atoms with Crippen molar-refractivity contribution in [1.29, 1.82) is 0 Å². The number of aromatic amines is 1. The number of methoxy groups -OCH3 is 1. The molecule has 1 aromatic heterocycles. The van der Waals surface area contributed by atoms with Gasteiger partial charge in [-0.3, -0.25) is 19.3 Å². The first-order valence-corrected chi connectivity index (χ1v) is 8.92. The number of benzene rings is 1. The van der Waals surface area contributed by atoms with Gasteiger partial charge in [0.15, 0.2) is 28.7 Å². The molecule has 0 spiro atoms. The average molecular weight is 412 g/mol. The van der Waals surface area contributed by atoms with Gasteiger partial charge in [-0.1, -0.05) is 11.6 Å². The Kier molecular flexibility index (Phi) is 5.66. The van der Waals surface area contributed by atoms with E-state index in [4.69, 9.17) is 39.0 Å². The normalized spacial score (nSPS) is 13.3. The molecule has 27 heavy (non-hydrogen) atoms. The number of hydrogen-bond acceptors (Lipinski definition) is 6. The topological polar surface area (TPSA) is 124 Å². The minimum atomic E-state index is -0.654. The highest BCUT2D eigenvalue weighted by atomic mass is 35.5. The molecule has 1 saturated carbocycles. The van der Waals surface area contributed by atoms with E-state index in [1.165, 1.54) is 19.2 Å². The largest absolute Gasteiger partial charge is 0.493 e. The average Bonchev–Trinajstić information content (AvgIpc) is 3.40. The van der Waals surface area contributed by atoms with Crippen molar-refractivity contribution in [3.05, 3.63) is 33.3 Å². The van der Waals surface area contributed by atoms with Crippen molar-refractivity contribution >= 4 is 35.6 Å². The fraction of sp³-hybridized carbons (Fsp3) is 0.375. The van der Waals surface area contributed by atoms with Crippen LogP contribution in [0.25, 0.3) is 0 Å². The molecule has 0 aliphatic heterocycles. The summed E-state index contributed by atoms with van der Waals surface area (Å²) in [6.45, 7) is -0.145. The number of nitrogens with zero attached hydrogens (tertiary/aromatic N) is 2. The van der Waals surface area contributed by atoms with E-state index in [1.807, 2.05) is 4.57 Å². The molecule has 2 amide bonds. The molecule has 1 heterocycles. The molecular formula is C16H18ClN5O4S. The second-order valence-corrected chi connectivity index (χ2v) is 6.77. The molecule has 1 aromatic carbocycles. The minimum Gasteiger partial charge on any atom is -0.493 e. The summed E-state index contributed by atoms with van der Waals surface area (Å²) in [4.78, 5) is 23.4. The molecule has 0 unspecified atom stereocenters.